The Kier molecular flexibility index (Phi) is 4.23. The maximum atomic E-state index is 11.0. The normalized spacial score (nSPS) is 10.3. The van der Waals surface area contributed by atoms with Crippen LogP contribution in [-0.2, 0) is 5.75 Å². The van der Waals surface area contributed by atoms with Gasteiger partial charge in [0.1, 0.15) is 0 Å². The third-order valence-corrected chi connectivity index (χ3v) is 3.82. The molecule has 1 aromatic heterocycles. The van der Waals surface area contributed by atoms with Gasteiger partial charge in [-0.1, -0.05) is 29.8 Å². The van der Waals surface area contributed by atoms with E-state index in [1.54, 1.807) is 6.20 Å². The van der Waals surface area contributed by atoms with Crippen LogP contribution in [0.1, 0.15) is 15.9 Å². The lowest BCUT2D eigenvalue weighted by Crippen LogP contribution is -1.99. The molecule has 0 aliphatic heterocycles. The maximum absolute atomic E-state index is 11.0. The fraction of sp³-hybridized carbons (Fsp3) is 0.0769. The monoisotopic (exact) mass is 279 g/mol. The molecule has 0 spiro atoms. The maximum Gasteiger partial charge on any atom is 0.336 e. The van der Waals surface area contributed by atoms with Gasteiger partial charge >= 0.3 is 5.97 Å². The first kappa shape index (κ1) is 12.9. The van der Waals surface area contributed by atoms with E-state index in [1.165, 1.54) is 24.0 Å². The van der Waals surface area contributed by atoms with Crippen molar-refractivity contribution in [2.75, 3.05) is 0 Å². The number of halogens is 1. The average Bonchev–Trinajstić information content (AvgIpc) is 2.38. The molecule has 3 nitrogen and oxygen atoms in total. The standard InChI is InChI=1S/C13H10ClNO2S/c14-11-4-2-1-3-9(11)8-18-12-7-15-6-5-10(12)13(16)17/h1-7H,8H2,(H,16,17). The molecule has 0 unspecified atom stereocenters. The summed E-state index contributed by atoms with van der Waals surface area (Å²) in [5.74, 6) is -0.329. The number of nitrogens with zero attached hydrogens (tertiary/aromatic N) is 1. The largest absolute Gasteiger partial charge is 0.478 e. The van der Waals surface area contributed by atoms with E-state index in [-0.39, 0.29) is 5.56 Å². The van der Waals surface area contributed by atoms with Crippen molar-refractivity contribution in [3.8, 4) is 0 Å². The number of carbonyl (C=O) groups is 1. The highest BCUT2D eigenvalue weighted by Crippen LogP contribution is 2.28. The van der Waals surface area contributed by atoms with Crippen molar-refractivity contribution in [3.63, 3.8) is 0 Å². The Hall–Kier alpha value is -1.52. The SMILES string of the molecule is O=C(O)c1ccncc1SCc1ccccc1Cl. The van der Waals surface area contributed by atoms with Crippen LogP contribution in [0.25, 0.3) is 0 Å². The van der Waals surface area contributed by atoms with E-state index in [4.69, 9.17) is 16.7 Å². The van der Waals surface area contributed by atoms with Gasteiger partial charge in [0.15, 0.2) is 0 Å². The summed E-state index contributed by atoms with van der Waals surface area (Å²) in [6.45, 7) is 0. The molecule has 0 bridgehead atoms. The van der Waals surface area contributed by atoms with Crippen LogP contribution in [0.15, 0.2) is 47.6 Å². The van der Waals surface area contributed by atoms with Gasteiger partial charge in [0.05, 0.1) is 5.56 Å². The fourth-order valence-electron chi connectivity index (χ4n) is 1.44. The van der Waals surface area contributed by atoms with Crippen molar-refractivity contribution in [1.29, 1.82) is 0 Å². The number of aromatic carboxylic acids is 1. The van der Waals surface area contributed by atoms with Crippen molar-refractivity contribution in [2.24, 2.45) is 0 Å². The predicted molar refractivity (Wildman–Crippen MR) is 72.2 cm³/mol. The first-order chi connectivity index (χ1) is 8.68. The van der Waals surface area contributed by atoms with E-state index in [0.717, 1.165) is 5.56 Å². The second kappa shape index (κ2) is 5.89. The number of aromatic nitrogens is 1. The minimum atomic E-state index is -0.945. The van der Waals surface area contributed by atoms with Crippen molar-refractivity contribution < 1.29 is 9.90 Å². The summed E-state index contributed by atoms with van der Waals surface area (Å²) in [6, 6.07) is 9.01. The lowest BCUT2D eigenvalue weighted by molar-refractivity contribution is 0.0693. The highest BCUT2D eigenvalue weighted by Gasteiger charge is 2.10. The van der Waals surface area contributed by atoms with Gasteiger partial charge in [-0.25, -0.2) is 4.79 Å². The van der Waals surface area contributed by atoms with Crippen LogP contribution >= 0.6 is 23.4 Å². The Morgan fingerprint density at radius 1 is 1.33 bits per heavy atom. The topological polar surface area (TPSA) is 50.2 Å². The molecule has 5 heteroatoms. The fourth-order valence-corrected chi connectivity index (χ4v) is 2.73. The number of hydrogen-bond donors (Lipinski definition) is 1. The van der Waals surface area contributed by atoms with E-state index < -0.39 is 5.97 Å². The van der Waals surface area contributed by atoms with Crippen LogP contribution < -0.4 is 0 Å². The average molecular weight is 280 g/mol. The number of pyridine rings is 1. The number of benzene rings is 1. The van der Waals surface area contributed by atoms with Crippen LogP contribution in [0.3, 0.4) is 0 Å². The van der Waals surface area contributed by atoms with Gasteiger partial charge in [-0.15, -0.1) is 11.8 Å². The predicted octanol–water partition coefficient (Wildman–Crippen LogP) is 3.73. The van der Waals surface area contributed by atoms with Crippen molar-refractivity contribution in [3.05, 3.63) is 58.9 Å². The lowest BCUT2D eigenvalue weighted by atomic mass is 10.2. The zero-order valence-corrected chi connectivity index (χ0v) is 10.9. The summed E-state index contributed by atoms with van der Waals surface area (Å²) < 4.78 is 0. The van der Waals surface area contributed by atoms with Crippen molar-refractivity contribution in [2.45, 2.75) is 10.6 Å². The number of rotatable bonds is 4. The summed E-state index contributed by atoms with van der Waals surface area (Å²) in [5.41, 5.74) is 1.24. The van der Waals surface area contributed by atoms with Crippen LogP contribution in [0, 0.1) is 0 Å². The second-order valence-electron chi connectivity index (χ2n) is 3.56. The zero-order valence-electron chi connectivity index (χ0n) is 9.34. The molecule has 0 saturated heterocycles. The lowest BCUT2D eigenvalue weighted by Gasteiger charge is -2.06. The molecule has 1 heterocycles. The minimum Gasteiger partial charge on any atom is -0.478 e. The summed E-state index contributed by atoms with van der Waals surface area (Å²) in [7, 11) is 0. The van der Waals surface area contributed by atoms with E-state index in [2.05, 4.69) is 4.98 Å². The molecule has 0 saturated carbocycles. The molecule has 92 valence electrons. The highest BCUT2D eigenvalue weighted by atomic mass is 35.5. The minimum absolute atomic E-state index is 0.266. The molecular formula is C13H10ClNO2S. The van der Waals surface area contributed by atoms with Gasteiger partial charge in [0.2, 0.25) is 0 Å². The number of carboxylic acids is 1. The third kappa shape index (κ3) is 3.03. The van der Waals surface area contributed by atoms with Crippen LogP contribution in [0.2, 0.25) is 5.02 Å². The summed E-state index contributed by atoms with van der Waals surface area (Å²) in [5, 5.41) is 9.74. The second-order valence-corrected chi connectivity index (χ2v) is 4.98. The van der Waals surface area contributed by atoms with Crippen LogP contribution in [-0.4, -0.2) is 16.1 Å². The molecule has 0 atom stereocenters. The Bertz CT molecular complexity index is 574. The quantitative estimate of drug-likeness (QED) is 0.867. The Morgan fingerprint density at radius 2 is 2.11 bits per heavy atom. The summed E-state index contributed by atoms with van der Waals surface area (Å²) >= 11 is 7.46. The molecule has 1 N–H and O–H groups in total. The number of hydrogen-bond acceptors (Lipinski definition) is 3. The van der Waals surface area contributed by atoms with Crippen LogP contribution in [0.4, 0.5) is 0 Å². The molecule has 0 fully saturated rings. The van der Waals surface area contributed by atoms with E-state index >= 15 is 0 Å². The molecule has 2 rings (SSSR count). The van der Waals surface area contributed by atoms with Gasteiger partial charge in [-0.05, 0) is 17.7 Å². The molecule has 2 aromatic rings. The molecular weight excluding hydrogens is 270 g/mol. The Morgan fingerprint density at radius 3 is 2.83 bits per heavy atom. The van der Waals surface area contributed by atoms with Gasteiger partial charge in [-0.3, -0.25) is 4.98 Å². The Balaban J connectivity index is 2.16. The van der Waals surface area contributed by atoms with Crippen LogP contribution in [0.5, 0.6) is 0 Å². The Labute approximate surface area is 114 Å². The highest BCUT2D eigenvalue weighted by molar-refractivity contribution is 7.98. The van der Waals surface area contributed by atoms with Gasteiger partial charge in [0, 0.05) is 28.1 Å². The smallest absolute Gasteiger partial charge is 0.336 e. The summed E-state index contributed by atoms with van der Waals surface area (Å²) in [4.78, 5) is 15.6. The molecule has 1 aromatic carbocycles. The van der Waals surface area contributed by atoms with E-state index in [1.807, 2.05) is 24.3 Å². The van der Waals surface area contributed by atoms with Gasteiger partial charge in [0.25, 0.3) is 0 Å². The molecule has 0 amide bonds. The molecule has 0 aliphatic rings. The first-order valence-electron chi connectivity index (χ1n) is 5.22. The van der Waals surface area contributed by atoms with Crippen molar-refractivity contribution >= 4 is 29.3 Å². The van der Waals surface area contributed by atoms with Gasteiger partial charge in [-0.2, -0.15) is 0 Å². The van der Waals surface area contributed by atoms with E-state index in [0.29, 0.717) is 15.7 Å². The molecule has 0 aliphatic carbocycles. The molecule has 18 heavy (non-hydrogen) atoms. The first-order valence-corrected chi connectivity index (χ1v) is 6.58. The molecule has 0 radical (unpaired) electrons. The third-order valence-electron chi connectivity index (χ3n) is 2.36. The van der Waals surface area contributed by atoms with Gasteiger partial charge < -0.3 is 5.11 Å². The summed E-state index contributed by atoms with van der Waals surface area (Å²) in [6.07, 6.45) is 3.04. The van der Waals surface area contributed by atoms with E-state index in [9.17, 15) is 4.79 Å². The number of carboxylic acid groups (broad SMARTS) is 1. The zero-order chi connectivity index (χ0) is 13.0. The number of thioether (sulfide) groups is 1. The van der Waals surface area contributed by atoms with Crippen molar-refractivity contribution in [1.82, 2.24) is 4.98 Å².